The first-order valence-electron chi connectivity index (χ1n) is 13.6. The van der Waals surface area contributed by atoms with Gasteiger partial charge in [-0.3, -0.25) is 0 Å². The van der Waals surface area contributed by atoms with E-state index in [9.17, 15) is 0 Å². The lowest BCUT2D eigenvalue weighted by Crippen LogP contribution is -1.97. The van der Waals surface area contributed by atoms with Crippen LogP contribution in [0.4, 0.5) is 0 Å². The largest absolute Gasteiger partial charge is 0.456 e. The van der Waals surface area contributed by atoms with Crippen molar-refractivity contribution in [2.45, 2.75) is 0 Å². The minimum absolute atomic E-state index is 0.896. The molecular weight excluding hydrogens is 488 g/mol. The van der Waals surface area contributed by atoms with Gasteiger partial charge in [-0.1, -0.05) is 91.0 Å². The van der Waals surface area contributed by atoms with Crippen molar-refractivity contribution >= 4 is 43.5 Å². The second-order valence-electron chi connectivity index (χ2n) is 10.5. The van der Waals surface area contributed by atoms with Crippen molar-refractivity contribution in [1.29, 1.82) is 0 Å². The maximum absolute atomic E-state index is 6.34. The topological polar surface area (TPSA) is 22.4 Å². The highest BCUT2D eigenvalue weighted by Crippen LogP contribution is 2.47. The van der Waals surface area contributed by atoms with Gasteiger partial charge in [0.25, 0.3) is 0 Å². The highest BCUT2D eigenvalue weighted by molar-refractivity contribution is 6.15. The molecule has 2 heteroatoms. The Hall–Kier alpha value is -5.34. The van der Waals surface area contributed by atoms with Gasteiger partial charge in [0.2, 0.25) is 0 Å². The highest BCUT2D eigenvalue weighted by Gasteiger charge is 2.20. The molecule has 0 bridgehead atoms. The van der Waals surface area contributed by atoms with Crippen LogP contribution >= 0.6 is 0 Å². The van der Waals surface area contributed by atoms with Crippen LogP contribution < -0.4 is 4.74 Å². The Labute approximate surface area is 230 Å². The molecule has 7 aromatic carbocycles. The molecular formula is C38H22O2. The molecule has 1 aliphatic heterocycles. The molecule has 2 heterocycles. The Morgan fingerprint density at radius 1 is 0.375 bits per heavy atom. The van der Waals surface area contributed by atoms with E-state index < -0.39 is 0 Å². The molecule has 0 radical (unpaired) electrons. The summed E-state index contributed by atoms with van der Waals surface area (Å²) >= 11 is 0. The van der Waals surface area contributed by atoms with Gasteiger partial charge in [-0.25, -0.2) is 0 Å². The Bertz CT molecular complexity index is 2300. The molecule has 40 heavy (non-hydrogen) atoms. The number of furan rings is 1. The standard InChI is InChI=1S/C38H22O2/c1-2-8-26-22-36-32(21-25(26)7-1)38-29(13-6-16-35(38)40-36)28-12-3-11-24(19-28)27-17-18-33-31(20-27)30-14-4-9-23-10-5-15-34(39-33)37(23)30/h1-22H. The molecule has 1 aromatic heterocycles. The smallest absolute Gasteiger partial charge is 0.136 e. The Balaban J connectivity index is 1.21. The van der Waals surface area contributed by atoms with E-state index >= 15 is 0 Å². The molecule has 0 N–H and O–H groups in total. The summed E-state index contributed by atoms with van der Waals surface area (Å²) in [7, 11) is 0. The molecule has 0 aliphatic carbocycles. The van der Waals surface area contributed by atoms with Crippen LogP contribution in [-0.2, 0) is 0 Å². The molecule has 8 aromatic rings. The summed E-state index contributed by atoms with van der Waals surface area (Å²) in [4.78, 5) is 0. The second-order valence-corrected chi connectivity index (χ2v) is 10.5. The van der Waals surface area contributed by atoms with Gasteiger partial charge in [-0.2, -0.15) is 0 Å². The molecule has 0 saturated carbocycles. The van der Waals surface area contributed by atoms with Gasteiger partial charge < -0.3 is 9.15 Å². The van der Waals surface area contributed by atoms with Crippen molar-refractivity contribution in [2.75, 3.05) is 0 Å². The van der Waals surface area contributed by atoms with Gasteiger partial charge in [-0.05, 0) is 86.4 Å². The quantitative estimate of drug-likeness (QED) is 0.231. The zero-order chi connectivity index (χ0) is 26.2. The zero-order valence-electron chi connectivity index (χ0n) is 21.5. The average Bonchev–Trinajstić information content (AvgIpc) is 3.37. The number of ether oxygens (including phenoxy) is 1. The summed E-state index contributed by atoms with van der Waals surface area (Å²) in [5.41, 5.74) is 8.84. The van der Waals surface area contributed by atoms with E-state index in [0.717, 1.165) is 44.6 Å². The average molecular weight is 511 g/mol. The molecule has 0 atom stereocenters. The fourth-order valence-electron chi connectivity index (χ4n) is 6.36. The van der Waals surface area contributed by atoms with E-state index in [-0.39, 0.29) is 0 Å². The SMILES string of the molecule is c1cc(-c2ccc3c(c2)-c2cccc4cccc(c24)O3)cc(-c2cccc3oc4cc5ccccc5cc4c23)c1. The fraction of sp³-hybridized carbons (Fsp3) is 0. The van der Waals surface area contributed by atoms with Crippen molar-refractivity contribution in [2.24, 2.45) is 0 Å². The summed E-state index contributed by atoms with van der Waals surface area (Å²) in [5, 5.41) is 7.08. The first kappa shape index (κ1) is 21.6. The third-order valence-electron chi connectivity index (χ3n) is 8.23. The minimum Gasteiger partial charge on any atom is -0.456 e. The van der Waals surface area contributed by atoms with Gasteiger partial charge >= 0.3 is 0 Å². The van der Waals surface area contributed by atoms with Crippen molar-refractivity contribution in [1.82, 2.24) is 0 Å². The number of hydrogen-bond acceptors (Lipinski definition) is 2. The molecule has 186 valence electrons. The first-order chi connectivity index (χ1) is 19.8. The minimum atomic E-state index is 0.896. The lowest BCUT2D eigenvalue weighted by Gasteiger charge is -2.22. The van der Waals surface area contributed by atoms with Gasteiger partial charge in [0, 0.05) is 21.7 Å². The fourth-order valence-corrected chi connectivity index (χ4v) is 6.36. The van der Waals surface area contributed by atoms with Crippen LogP contribution in [0.15, 0.2) is 138 Å². The van der Waals surface area contributed by atoms with Gasteiger partial charge in [0.05, 0.1) is 0 Å². The van der Waals surface area contributed by atoms with E-state index in [1.807, 2.05) is 0 Å². The van der Waals surface area contributed by atoms with E-state index in [1.54, 1.807) is 0 Å². The van der Waals surface area contributed by atoms with Crippen LogP contribution in [0.3, 0.4) is 0 Å². The highest BCUT2D eigenvalue weighted by atomic mass is 16.5. The van der Waals surface area contributed by atoms with E-state index in [1.165, 1.54) is 43.8 Å². The summed E-state index contributed by atoms with van der Waals surface area (Å²) in [6, 6.07) is 47.3. The normalized spacial score (nSPS) is 12.2. The maximum atomic E-state index is 6.34. The lowest BCUT2D eigenvalue weighted by atomic mass is 9.91. The lowest BCUT2D eigenvalue weighted by molar-refractivity contribution is 0.487. The Morgan fingerprint density at radius 2 is 1.10 bits per heavy atom. The van der Waals surface area contributed by atoms with E-state index in [4.69, 9.17) is 9.15 Å². The summed E-state index contributed by atoms with van der Waals surface area (Å²) in [5.74, 6) is 1.82. The predicted molar refractivity (Wildman–Crippen MR) is 165 cm³/mol. The summed E-state index contributed by atoms with van der Waals surface area (Å²) in [6.07, 6.45) is 0. The second kappa shape index (κ2) is 8.08. The third-order valence-corrected chi connectivity index (χ3v) is 8.23. The molecule has 0 saturated heterocycles. The molecule has 0 fully saturated rings. The number of benzene rings is 7. The number of fused-ring (bicyclic) bond motifs is 6. The van der Waals surface area contributed by atoms with Crippen molar-refractivity contribution in [3.63, 3.8) is 0 Å². The van der Waals surface area contributed by atoms with Crippen LogP contribution in [-0.4, -0.2) is 0 Å². The van der Waals surface area contributed by atoms with Crippen molar-refractivity contribution < 1.29 is 9.15 Å². The van der Waals surface area contributed by atoms with Crippen molar-refractivity contribution in [3.8, 4) is 44.9 Å². The Kier molecular flexibility index (Phi) is 4.36. The molecule has 2 nitrogen and oxygen atoms in total. The van der Waals surface area contributed by atoms with Gasteiger partial charge in [0.15, 0.2) is 0 Å². The molecule has 0 amide bonds. The van der Waals surface area contributed by atoms with E-state index in [2.05, 4.69) is 133 Å². The zero-order valence-corrected chi connectivity index (χ0v) is 21.5. The third kappa shape index (κ3) is 3.11. The molecule has 0 unspecified atom stereocenters. The van der Waals surface area contributed by atoms with Crippen LogP contribution in [0.5, 0.6) is 11.5 Å². The predicted octanol–water partition coefficient (Wildman–Crippen LogP) is 11.0. The molecule has 0 spiro atoms. The van der Waals surface area contributed by atoms with Crippen LogP contribution in [0, 0.1) is 0 Å². The van der Waals surface area contributed by atoms with Crippen molar-refractivity contribution in [3.05, 3.63) is 133 Å². The van der Waals surface area contributed by atoms with Gasteiger partial charge in [-0.15, -0.1) is 0 Å². The van der Waals surface area contributed by atoms with Crippen LogP contribution in [0.25, 0.3) is 76.9 Å². The summed E-state index contributed by atoms with van der Waals surface area (Å²) < 4.78 is 12.7. The van der Waals surface area contributed by atoms with Crippen LogP contribution in [0.2, 0.25) is 0 Å². The number of rotatable bonds is 2. The summed E-state index contributed by atoms with van der Waals surface area (Å²) in [6.45, 7) is 0. The monoisotopic (exact) mass is 510 g/mol. The van der Waals surface area contributed by atoms with Gasteiger partial charge in [0.1, 0.15) is 22.7 Å². The molecule has 1 aliphatic rings. The van der Waals surface area contributed by atoms with E-state index in [0.29, 0.717) is 0 Å². The number of hydrogen-bond donors (Lipinski definition) is 0. The first-order valence-corrected chi connectivity index (χ1v) is 13.6. The van der Waals surface area contributed by atoms with Crippen LogP contribution in [0.1, 0.15) is 0 Å². The molecule has 9 rings (SSSR count). The maximum Gasteiger partial charge on any atom is 0.136 e. The Morgan fingerprint density at radius 3 is 2.02 bits per heavy atom.